The van der Waals surface area contributed by atoms with E-state index in [4.69, 9.17) is 14.2 Å². The molecule has 0 bridgehead atoms. The fourth-order valence-corrected chi connectivity index (χ4v) is 1.81. The Balaban J connectivity index is 2.43. The molecule has 1 aliphatic heterocycles. The molecule has 0 amide bonds. The molecule has 1 N–H and O–H groups in total. The third kappa shape index (κ3) is 2.17. The van der Waals surface area contributed by atoms with E-state index in [2.05, 4.69) is 0 Å². The van der Waals surface area contributed by atoms with E-state index in [1.54, 1.807) is 19.2 Å². The molecule has 0 fully saturated rings. The molecule has 17 heavy (non-hydrogen) atoms. The van der Waals surface area contributed by atoms with Crippen LogP contribution in [-0.2, 0) is 0 Å². The molecule has 4 heteroatoms. The van der Waals surface area contributed by atoms with Gasteiger partial charge in [-0.2, -0.15) is 0 Å². The second kappa shape index (κ2) is 4.11. The van der Waals surface area contributed by atoms with Crippen LogP contribution in [0, 0.1) is 5.41 Å². The molecule has 0 saturated heterocycles. The van der Waals surface area contributed by atoms with E-state index in [1.807, 2.05) is 20.8 Å². The van der Waals surface area contributed by atoms with Crippen molar-refractivity contribution >= 4 is 0 Å². The van der Waals surface area contributed by atoms with Crippen LogP contribution >= 0.6 is 0 Å². The second-order valence-corrected chi connectivity index (χ2v) is 5.23. The van der Waals surface area contributed by atoms with Crippen LogP contribution in [0.3, 0.4) is 0 Å². The van der Waals surface area contributed by atoms with Gasteiger partial charge in [0, 0.05) is 0 Å². The Labute approximate surface area is 101 Å². The van der Waals surface area contributed by atoms with E-state index in [1.165, 1.54) is 0 Å². The molecule has 1 aromatic rings. The molecule has 4 nitrogen and oxygen atoms in total. The molecule has 1 unspecified atom stereocenters. The summed E-state index contributed by atoms with van der Waals surface area (Å²) in [6, 6.07) is 3.60. The Morgan fingerprint density at radius 2 is 2.00 bits per heavy atom. The van der Waals surface area contributed by atoms with E-state index in [9.17, 15) is 5.11 Å². The van der Waals surface area contributed by atoms with Crippen LogP contribution in [0.2, 0.25) is 0 Å². The SMILES string of the molecule is COc1cc(C(O)C(C)(C)C)cc2c1OCO2. The summed E-state index contributed by atoms with van der Waals surface area (Å²) in [5, 5.41) is 10.3. The van der Waals surface area contributed by atoms with Crippen LogP contribution in [0.5, 0.6) is 17.2 Å². The van der Waals surface area contributed by atoms with Gasteiger partial charge in [0.15, 0.2) is 11.5 Å². The van der Waals surface area contributed by atoms with Gasteiger partial charge in [-0.15, -0.1) is 0 Å². The average Bonchev–Trinajstić information content (AvgIpc) is 2.73. The molecule has 1 aliphatic rings. The highest BCUT2D eigenvalue weighted by molar-refractivity contribution is 5.55. The zero-order chi connectivity index (χ0) is 12.6. The number of fused-ring (bicyclic) bond motifs is 1. The third-order valence-corrected chi connectivity index (χ3v) is 2.82. The number of benzene rings is 1. The lowest BCUT2D eigenvalue weighted by Crippen LogP contribution is -2.17. The summed E-state index contributed by atoms with van der Waals surface area (Å²) in [6.07, 6.45) is -0.578. The van der Waals surface area contributed by atoms with Gasteiger partial charge in [0.2, 0.25) is 12.5 Å². The standard InChI is InChI=1S/C13H18O4/c1-13(2,3)12(14)8-5-9(15-4)11-10(6-8)16-7-17-11/h5-6,12,14H,7H2,1-4H3. The normalized spacial score (nSPS) is 15.8. The fourth-order valence-electron chi connectivity index (χ4n) is 1.81. The quantitative estimate of drug-likeness (QED) is 0.860. The minimum Gasteiger partial charge on any atom is -0.493 e. The number of aliphatic hydroxyl groups is 1. The zero-order valence-corrected chi connectivity index (χ0v) is 10.6. The zero-order valence-electron chi connectivity index (χ0n) is 10.6. The van der Waals surface area contributed by atoms with E-state index in [-0.39, 0.29) is 12.2 Å². The minimum atomic E-state index is -0.578. The topological polar surface area (TPSA) is 47.9 Å². The summed E-state index contributed by atoms with van der Waals surface area (Å²) >= 11 is 0. The predicted molar refractivity (Wildman–Crippen MR) is 63.5 cm³/mol. The molecular weight excluding hydrogens is 220 g/mol. The van der Waals surface area contributed by atoms with Crippen molar-refractivity contribution in [1.82, 2.24) is 0 Å². The number of methoxy groups -OCH3 is 1. The van der Waals surface area contributed by atoms with Gasteiger partial charge >= 0.3 is 0 Å². The summed E-state index contributed by atoms with van der Waals surface area (Å²) in [4.78, 5) is 0. The van der Waals surface area contributed by atoms with Gasteiger partial charge in [-0.1, -0.05) is 20.8 Å². The number of ether oxygens (including phenoxy) is 3. The van der Waals surface area contributed by atoms with Crippen molar-refractivity contribution < 1.29 is 19.3 Å². The van der Waals surface area contributed by atoms with Crippen molar-refractivity contribution in [3.05, 3.63) is 17.7 Å². The second-order valence-electron chi connectivity index (χ2n) is 5.23. The highest BCUT2D eigenvalue weighted by atomic mass is 16.7. The molecule has 0 spiro atoms. The Morgan fingerprint density at radius 1 is 1.29 bits per heavy atom. The van der Waals surface area contributed by atoms with Crippen molar-refractivity contribution in [3.63, 3.8) is 0 Å². The molecule has 94 valence electrons. The third-order valence-electron chi connectivity index (χ3n) is 2.82. The molecule has 1 atom stereocenters. The van der Waals surface area contributed by atoms with Gasteiger partial charge in [-0.05, 0) is 23.1 Å². The van der Waals surface area contributed by atoms with Crippen molar-refractivity contribution in [1.29, 1.82) is 0 Å². The maximum atomic E-state index is 10.3. The van der Waals surface area contributed by atoms with Crippen LogP contribution in [0.15, 0.2) is 12.1 Å². The molecule has 2 rings (SSSR count). The molecular formula is C13H18O4. The maximum Gasteiger partial charge on any atom is 0.231 e. The van der Waals surface area contributed by atoms with Gasteiger partial charge in [0.05, 0.1) is 13.2 Å². The van der Waals surface area contributed by atoms with Crippen LogP contribution in [0.1, 0.15) is 32.4 Å². The monoisotopic (exact) mass is 238 g/mol. The van der Waals surface area contributed by atoms with E-state index in [0.717, 1.165) is 5.56 Å². The molecule has 0 aliphatic carbocycles. The lowest BCUT2D eigenvalue weighted by Gasteiger charge is -2.26. The number of hydrogen-bond acceptors (Lipinski definition) is 4. The summed E-state index contributed by atoms with van der Waals surface area (Å²) in [5.74, 6) is 1.83. The first kappa shape index (κ1) is 12.0. The molecule has 1 aromatic carbocycles. The first-order valence-electron chi connectivity index (χ1n) is 5.59. The molecule has 0 aromatic heterocycles. The predicted octanol–water partition coefficient (Wildman–Crippen LogP) is 2.50. The fraction of sp³-hybridized carbons (Fsp3) is 0.538. The van der Waals surface area contributed by atoms with Crippen LogP contribution in [-0.4, -0.2) is 19.0 Å². The van der Waals surface area contributed by atoms with Crippen molar-refractivity contribution in [2.75, 3.05) is 13.9 Å². The van der Waals surface area contributed by atoms with E-state index in [0.29, 0.717) is 17.2 Å². The number of rotatable bonds is 2. The number of hydrogen-bond donors (Lipinski definition) is 1. The largest absolute Gasteiger partial charge is 0.493 e. The first-order chi connectivity index (χ1) is 7.93. The molecule has 0 saturated carbocycles. The lowest BCUT2D eigenvalue weighted by atomic mass is 9.84. The molecule has 0 radical (unpaired) electrons. The Kier molecular flexibility index (Phi) is 2.91. The van der Waals surface area contributed by atoms with Gasteiger partial charge in [-0.3, -0.25) is 0 Å². The van der Waals surface area contributed by atoms with E-state index < -0.39 is 6.10 Å². The summed E-state index contributed by atoms with van der Waals surface area (Å²) in [5.41, 5.74) is 0.539. The Bertz CT molecular complexity index is 420. The lowest BCUT2D eigenvalue weighted by molar-refractivity contribution is 0.0623. The van der Waals surface area contributed by atoms with Gasteiger partial charge in [0.1, 0.15) is 0 Å². The van der Waals surface area contributed by atoms with Gasteiger partial charge in [-0.25, -0.2) is 0 Å². The highest BCUT2D eigenvalue weighted by Gasteiger charge is 2.28. The summed E-state index contributed by atoms with van der Waals surface area (Å²) < 4.78 is 15.9. The van der Waals surface area contributed by atoms with Crippen molar-refractivity contribution in [2.24, 2.45) is 5.41 Å². The van der Waals surface area contributed by atoms with Gasteiger partial charge < -0.3 is 19.3 Å². The van der Waals surface area contributed by atoms with Crippen LogP contribution in [0.4, 0.5) is 0 Å². The van der Waals surface area contributed by atoms with Crippen molar-refractivity contribution in [2.45, 2.75) is 26.9 Å². The summed E-state index contributed by atoms with van der Waals surface area (Å²) in [7, 11) is 1.57. The minimum absolute atomic E-state index is 0.195. The van der Waals surface area contributed by atoms with Gasteiger partial charge in [0.25, 0.3) is 0 Å². The van der Waals surface area contributed by atoms with Crippen molar-refractivity contribution in [3.8, 4) is 17.2 Å². The molecule has 1 heterocycles. The average molecular weight is 238 g/mol. The smallest absolute Gasteiger partial charge is 0.231 e. The first-order valence-corrected chi connectivity index (χ1v) is 5.59. The van der Waals surface area contributed by atoms with Crippen LogP contribution < -0.4 is 14.2 Å². The summed E-state index contributed by atoms with van der Waals surface area (Å²) in [6.45, 7) is 6.14. The highest BCUT2D eigenvalue weighted by Crippen LogP contribution is 2.45. The Hall–Kier alpha value is -1.42. The van der Waals surface area contributed by atoms with Crippen LogP contribution in [0.25, 0.3) is 0 Å². The number of aliphatic hydroxyl groups excluding tert-OH is 1. The maximum absolute atomic E-state index is 10.3. The van der Waals surface area contributed by atoms with E-state index >= 15 is 0 Å². The Morgan fingerprint density at radius 3 is 2.59 bits per heavy atom.